The van der Waals surface area contributed by atoms with Crippen molar-refractivity contribution < 1.29 is 4.79 Å². The molecule has 0 aromatic heterocycles. The van der Waals surface area contributed by atoms with Gasteiger partial charge in [0, 0.05) is 50.9 Å². The lowest BCUT2D eigenvalue weighted by Crippen LogP contribution is -2.50. The lowest BCUT2D eigenvalue weighted by atomic mass is 10.0. The Balaban J connectivity index is 0.00000320. The molecule has 0 bridgehead atoms. The van der Waals surface area contributed by atoms with Crippen molar-refractivity contribution in [3.8, 4) is 0 Å². The Morgan fingerprint density at radius 3 is 2.57 bits per heavy atom. The third kappa shape index (κ3) is 7.41. The summed E-state index contributed by atoms with van der Waals surface area (Å²) in [6, 6.07) is 9.12. The van der Waals surface area contributed by atoms with Crippen LogP contribution in [0.2, 0.25) is 0 Å². The number of guanidine groups is 1. The number of likely N-dealkylation sites (tertiary alicyclic amines) is 1. The summed E-state index contributed by atoms with van der Waals surface area (Å²) in [5.74, 6) is 0.864. The first kappa shape index (κ1) is 24.9. The molecule has 1 saturated heterocycles. The number of amides is 1. The second-order valence-corrected chi connectivity index (χ2v) is 8.18. The molecular weight excluding hydrogens is 489 g/mol. The summed E-state index contributed by atoms with van der Waals surface area (Å²) in [5.41, 5.74) is 1.84. The summed E-state index contributed by atoms with van der Waals surface area (Å²) in [6.07, 6.45) is 8.80. The van der Waals surface area contributed by atoms with Gasteiger partial charge in [0.15, 0.2) is 5.96 Å². The van der Waals surface area contributed by atoms with E-state index in [1.807, 2.05) is 18.2 Å². The van der Waals surface area contributed by atoms with Gasteiger partial charge in [0.25, 0.3) is 5.91 Å². The Kier molecular flexibility index (Phi) is 10.9. The largest absolute Gasteiger partial charge is 0.357 e. The SMILES string of the molecule is CCNC(=NCCc1cccc(C(=O)NC)c1)NC1CCN(C2CCCC2)CC1.I. The Labute approximate surface area is 198 Å². The summed E-state index contributed by atoms with van der Waals surface area (Å²) in [7, 11) is 1.66. The Bertz CT molecular complexity index is 682. The zero-order valence-electron chi connectivity index (χ0n) is 18.5. The predicted molar refractivity (Wildman–Crippen MR) is 135 cm³/mol. The van der Waals surface area contributed by atoms with Gasteiger partial charge in [-0.1, -0.05) is 25.0 Å². The minimum absolute atomic E-state index is 0. The van der Waals surface area contributed by atoms with Crippen LogP contribution in [0.5, 0.6) is 0 Å². The number of aliphatic imine (C=N–C) groups is 1. The van der Waals surface area contributed by atoms with Crippen LogP contribution in [0.15, 0.2) is 29.3 Å². The van der Waals surface area contributed by atoms with E-state index in [1.165, 1.54) is 51.6 Å². The van der Waals surface area contributed by atoms with E-state index in [1.54, 1.807) is 7.05 Å². The molecule has 2 fully saturated rings. The normalized spacial score (nSPS) is 18.7. The molecule has 6 nitrogen and oxygen atoms in total. The third-order valence-electron chi connectivity index (χ3n) is 6.14. The van der Waals surface area contributed by atoms with Crippen molar-refractivity contribution in [1.29, 1.82) is 0 Å². The maximum absolute atomic E-state index is 11.8. The third-order valence-corrected chi connectivity index (χ3v) is 6.14. The van der Waals surface area contributed by atoms with Crippen molar-refractivity contribution in [2.45, 2.75) is 64.0 Å². The van der Waals surface area contributed by atoms with Crippen LogP contribution in [0.1, 0.15) is 61.4 Å². The van der Waals surface area contributed by atoms with E-state index in [4.69, 9.17) is 4.99 Å². The van der Waals surface area contributed by atoms with Crippen LogP contribution < -0.4 is 16.0 Å². The molecule has 3 rings (SSSR count). The molecule has 1 amide bonds. The molecule has 0 unspecified atom stereocenters. The van der Waals surface area contributed by atoms with Crippen LogP contribution in [0.3, 0.4) is 0 Å². The highest BCUT2D eigenvalue weighted by Crippen LogP contribution is 2.26. The van der Waals surface area contributed by atoms with Crippen molar-refractivity contribution in [1.82, 2.24) is 20.9 Å². The van der Waals surface area contributed by atoms with Crippen molar-refractivity contribution in [2.24, 2.45) is 4.99 Å². The summed E-state index contributed by atoms with van der Waals surface area (Å²) in [4.78, 5) is 19.3. The molecule has 7 heteroatoms. The second kappa shape index (κ2) is 13.1. The van der Waals surface area contributed by atoms with Gasteiger partial charge in [-0.3, -0.25) is 9.79 Å². The van der Waals surface area contributed by atoms with Gasteiger partial charge in [-0.15, -0.1) is 24.0 Å². The zero-order valence-corrected chi connectivity index (χ0v) is 20.8. The van der Waals surface area contributed by atoms with Crippen molar-refractivity contribution >= 4 is 35.8 Å². The number of carbonyl (C=O) groups excluding carboxylic acids is 1. The highest BCUT2D eigenvalue weighted by Gasteiger charge is 2.27. The van der Waals surface area contributed by atoms with E-state index in [-0.39, 0.29) is 29.9 Å². The first-order valence-corrected chi connectivity index (χ1v) is 11.3. The quantitative estimate of drug-likeness (QED) is 0.290. The predicted octanol–water partition coefficient (Wildman–Crippen LogP) is 3.17. The summed E-state index contributed by atoms with van der Waals surface area (Å²) in [5, 5.41) is 9.70. The van der Waals surface area contributed by atoms with Gasteiger partial charge in [0.1, 0.15) is 0 Å². The van der Waals surface area contributed by atoms with Crippen LogP contribution >= 0.6 is 24.0 Å². The topological polar surface area (TPSA) is 68.8 Å². The van der Waals surface area contributed by atoms with Crippen LogP contribution in [0.25, 0.3) is 0 Å². The first-order chi connectivity index (χ1) is 14.2. The second-order valence-electron chi connectivity index (χ2n) is 8.18. The Morgan fingerprint density at radius 1 is 1.17 bits per heavy atom. The number of halogens is 1. The van der Waals surface area contributed by atoms with E-state index in [0.29, 0.717) is 18.2 Å². The summed E-state index contributed by atoms with van der Waals surface area (Å²) < 4.78 is 0. The smallest absolute Gasteiger partial charge is 0.251 e. The molecule has 168 valence electrons. The fourth-order valence-corrected chi connectivity index (χ4v) is 4.50. The maximum atomic E-state index is 11.8. The molecule has 1 aliphatic carbocycles. The number of piperidine rings is 1. The summed E-state index contributed by atoms with van der Waals surface area (Å²) >= 11 is 0. The molecule has 0 atom stereocenters. The van der Waals surface area contributed by atoms with E-state index >= 15 is 0 Å². The van der Waals surface area contributed by atoms with Gasteiger partial charge in [-0.25, -0.2) is 0 Å². The molecule has 0 radical (unpaired) electrons. The van der Waals surface area contributed by atoms with Crippen molar-refractivity contribution in [3.05, 3.63) is 35.4 Å². The van der Waals surface area contributed by atoms with E-state index < -0.39 is 0 Å². The minimum Gasteiger partial charge on any atom is -0.357 e. The number of nitrogens with one attached hydrogen (secondary N) is 3. The lowest BCUT2D eigenvalue weighted by molar-refractivity contribution is 0.0963. The number of nitrogens with zero attached hydrogens (tertiary/aromatic N) is 2. The Hall–Kier alpha value is -1.35. The maximum Gasteiger partial charge on any atom is 0.251 e. The molecule has 1 saturated carbocycles. The van der Waals surface area contributed by atoms with E-state index in [0.717, 1.165) is 30.5 Å². The first-order valence-electron chi connectivity index (χ1n) is 11.3. The average molecular weight is 527 g/mol. The lowest BCUT2D eigenvalue weighted by Gasteiger charge is -2.36. The molecule has 0 spiro atoms. The molecule has 1 aromatic rings. The van der Waals surface area contributed by atoms with Gasteiger partial charge in [0.2, 0.25) is 0 Å². The van der Waals surface area contributed by atoms with Crippen LogP contribution in [-0.2, 0) is 6.42 Å². The average Bonchev–Trinajstić information content (AvgIpc) is 3.29. The van der Waals surface area contributed by atoms with Gasteiger partial charge < -0.3 is 20.9 Å². The fraction of sp³-hybridized carbons (Fsp3) is 0.652. The van der Waals surface area contributed by atoms with Crippen LogP contribution in [0.4, 0.5) is 0 Å². The van der Waals surface area contributed by atoms with E-state index in [9.17, 15) is 4.79 Å². The van der Waals surface area contributed by atoms with Gasteiger partial charge in [-0.2, -0.15) is 0 Å². The number of hydrogen-bond acceptors (Lipinski definition) is 3. The molecule has 30 heavy (non-hydrogen) atoms. The zero-order chi connectivity index (χ0) is 20.5. The highest BCUT2D eigenvalue weighted by molar-refractivity contribution is 14.0. The number of carbonyl (C=O) groups is 1. The van der Waals surface area contributed by atoms with E-state index in [2.05, 4.69) is 33.8 Å². The number of rotatable bonds is 7. The monoisotopic (exact) mass is 527 g/mol. The molecular formula is C23H38IN5O. The molecule has 3 N–H and O–H groups in total. The molecule has 2 aliphatic rings. The number of hydrogen-bond donors (Lipinski definition) is 3. The number of benzene rings is 1. The van der Waals surface area contributed by atoms with Crippen LogP contribution in [0, 0.1) is 0 Å². The van der Waals surface area contributed by atoms with Gasteiger partial charge in [-0.05, 0) is 56.7 Å². The van der Waals surface area contributed by atoms with Gasteiger partial charge in [0.05, 0.1) is 0 Å². The standard InChI is InChI=1S/C23H37N5O.HI/c1-3-25-23(26-14-11-18-7-6-8-19(17-18)22(29)24-2)27-20-12-15-28(16-13-20)21-9-4-5-10-21;/h6-8,17,20-21H,3-5,9-16H2,1-2H3,(H,24,29)(H2,25,26,27);1H. The molecule has 1 aliphatic heterocycles. The van der Waals surface area contributed by atoms with Gasteiger partial charge >= 0.3 is 0 Å². The highest BCUT2D eigenvalue weighted by atomic mass is 127. The minimum atomic E-state index is -0.0469. The Morgan fingerprint density at radius 2 is 1.90 bits per heavy atom. The summed E-state index contributed by atoms with van der Waals surface area (Å²) in [6.45, 7) is 6.07. The van der Waals surface area contributed by atoms with Crippen LogP contribution in [-0.4, -0.2) is 62.1 Å². The molecule has 1 aromatic carbocycles. The fourth-order valence-electron chi connectivity index (χ4n) is 4.50. The van der Waals surface area contributed by atoms with Crippen molar-refractivity contribution in [2.75, 3.05) is 33.2 Å². The van der Waals surface area contributed by atoms with Crippen molar-refractivity contribution in [3.63, 3.8) is 0 Å². The molecule has 1 heterocycles.